The van der Waals surface area contributed by atoms with Gasteiger partial charge in [-0.15, -0.1) is 0 Å². The van der Waals surface area contributed by atoms with Gasteiger partial charge in [-0.25, -0.2) is 4.90 Å². The number of hydrogen-bond donors (Lipinski definition) is 2. The molecule has 2 aromatic rings. The fraction of sp³-hybridized carbons (Fsp3) is 0.0588. The number of phenolic OH excluding ortho intramolecular Hbond substituents is 1. The standard InChI is InChI=1S/C17H13ClN2O3/c1-10-6-8-11(9-7-10)20-16(22)14(18)15(17(20)23)19-12-4-2-3-5-13(12)21/h2-9,19,21H,1H3. The molecular weight excluding hydrogens is 316 g/mol. The van der Waals surface area contributed by atoms with Crippen LogP contribution in [0.4, 0.5) is 11.4 Å². The van der Waals surface area contributed by atoms with E-state index in [1.807, 2.05) is 6.92 Å². The highest BCUT2D eigenvalue weighted by atomic mass is 35.5. The van der Waals surface area contributed by atoms with Crippen molar-refractivity contribution in [2.24, 2.45) is 0 Å². The first-order valence-electron chi connectivity index (χ1n) is 6.89. The van der Waals surface area contributed by atoms with Gasteiger partial charge in [0.25, 0.3) is 11.8 Å². The number of aromatic hydroxyl groups is 1. The van der Waals surface area contributed by atoms with Gasteiger partial charge in [0.2, 0.25) is 0 Å². The SMILES string of the molecule is Cc1ccc(N2C(=O)C(Cl)=C(Nc3ccccc3O)C2=O)cc1. The summed E-state index contributed by atoms with van der Waals surface area (Å²) in [5, 5.41) is 12.3. The molecule has 0 saturated carbocycles. The van der Waals surface area contributed by atoms with E-state index in [2.05, 4.69) is 5.32 Å². The van der Waals surface area contributed by atoms with Crippen LogP contribution < -0.4 is 10.2 Å². The minimum atomic E-state index is -0.599. The van der Waals surface area contributed by atoms with Crippen molar-refractivity contribution in [3.05, 3.63) is 64.8 Å². The number of benzene rings is 2. The molecule has 0 saturated heterocycles. The van der Waals surface area contributed by atoms with E-state index < -0.39 is 11.8 Å². The molecule has 0 unspecified atom stereocenters. The minimum absolute atomic E-state index is 0.0431. The van der Waals surface area contributed by atoms with E-state index >= 15 is 0 Å². The molecular formula is C17H13ClN2O3. The van der Waals surface area contributed by atoms with E-state index in [9.17, 15) is 14.7 Å². The number of para-hydroxylation sites is 2. The zero-order chi connectivity index (χ0) is 16.6. The number of rotatable bonds is 3. The van der Waals surface area contributed by atoms with Gasteiger partial charge >= 0.3 is 0 Å². The molecule has 2 N–H and O–H groups in total. The van der Waals surface area contributed by atoms with Gasteiger partial charge in [-0.05, 0) is 31.2 Å². The Morgan fingerprint density at radius 3 is 2.30 bits per heavy atom. The Hall–Kier alpha value is -2.79. The fourth-order valence-electron chi connectivity index (χ4n) is 2.25. The number of anilines is 2. The predicted octanol–water partition coefficient (Wildman–Crippen LogP) is 3.14. The summed E-state index contributed by atoms with van der Waals surface area (Å²) in [6.07, 6.45) is 0. The van der Waals surface area contributed by atoms with Gasteiger partial charge in [-0.2, -0.15) is 0 Å². The lowest BCUT2D eigenvalue weighted by Crippen LogP contribution is -2.32. The first-order chi connectivity index (χ1) is 11.0. The molecule has 0 bridgehead atoms. The van der Waals surface area contributed by atoms with Gasteiger partial charge in [0.1, 0.15) is 16.5 Å². The lowest BCUT2D eigenvalue weighted by atomic mass is 10.2. The molecule has 3 rings (SSSR count). The average Bonchev–Trinajstić information content (AvgIpc) is 2.74. The highest BCUT2D eigenvalue weighted by Crippen LogP contribution is 2.32. The van der Waals surface area contributed by atoms with Crippen LogP contribution >= 0.6 is 11.6 Å². The van der Waals surface area contributed by atoms with Crippen molar-refractivity contribution in [1.29, 1.82) is 0 Å². The number of nitrogens with one attached hydrogen (secondary N) is 1. The van der Waals surface area contributed by atoms with Crippen LogP contribution in [-0.4, -0.2) is 16.9 Å². The van der Waals surface area contributed by atoms with E-state index in [4.69, 9.17) is 11.6 Å². The van der Waals surface area contributed by atoms with Crippen molar-refractivity contribution in [3.8, 4) is 5.75 Å². The Morgan fingerprint density at radius 1 is 1.00 bits per heavy atom. The maximum Gasteiger partial charge on any atom is 0.283 e. The van der Waals surface area contributed by atoms with Crippen LogP contribution in [0.25, 0.3) is 0 Å². The second-order valence-corrected chi connectivity index (χ2v) is 5.49. The molecule has 116 valence electrons. The highest BCUT2D eigenvalue weighted by molar-refractivity contribution is 6.53. The van der Waals surface area contributed by atoms with Crippen molar-refractivity contribution in [2.45, 2.75) is 6.92 Å². The summed E-state index contributed by atoms with van der Waals surface area (Å²) >= 11 is 6.03. The maximum atomic E-state index is 12.5. The van der Waals surface area contributed by atoms with Gasteiger partial charge in [-0.1, -0.05) is 41.4 Å². The lowest BCUT2D eigenvalue weighted by Gasteiger charge is -2.15. The van der Waals surface area contributed by atoms with E-state index in [-0.39, 0.29) is 16.5 Å². The average molecular weight is 329 g/mol. The van der Waals surface area contributed by atoms with Gasteiger partial charge in [0.05, 0.1) is 11.4 Å². The van der Waals surface area contributed by atoms with Gasteiger partial charge in [-0.3, -0.25) is 9.59 Å². The first-order valence-corrected chi connectivity index (χ1v) is 7.27. The molecule has 0 spiro atoms. The third kappa shape index (κ3) is 2.66. The number of aryl methyl sites for hydroxylation is 1. The summed E-state index contributed by atoms with van der Waals surface area (Å²) in [5.74, 6) is -1.20. The number of phenols is 1. The molecule has 2 aromatic carbocycles. The van der Waals surface area contributed by atoms with Gasteiger partial charge in [0.15, 0.2) is 0 Å². The molecule has 2 amide bonds. The summed E-state index contributed by atoms with van der Waals surface area (Å²) < 4.78 is 0. The molecule has 1 aliphatic rings. The van der Waals surface area contributed by atoms with Crippen LogP contribution in [0.3, 0.4) is 0 Å². The molecule has 0 atom stereocenters. The zero-order valence-electron chi connectivity index (χ0n) is 12.2. The lowest BCUT2D eigenvalue weighted by molar-refractivity contribution is -0.120. The molecule has 5 nitrogen and oxygen atoms in total. The van der Waals surface area contributed by atoms with Crippen LogP contribution in [0.5, 0.6) is 5.75 Å². The third-order valence-electron chi connectivity index (χ3n) is 3.48. The summed E-state index contributed by atoms with van der Waals surface area (Å²) in [6.45, 7) is 1.91. The van der Waals surface area contributed by atoms with E-state index in [1.54, 1.807) is 42.5 Å². The van der Waals surface area contributed by atoms with E-state index in [1.165, 1.54) is 6.07 Å². The van der Waals surface area contributed by atoms with Crippen LogP contribution in [0.2, 0.25) is 0 Å². The Labute approximate surface area is 137 Å². The van der Waals surface area contributed by atoms with Crippen molar-refractivity contribution in [2.75, 3.05) is 10.2 Å². The van der Waals surface area contributed by atoms with Crippen LogP contribution in [0.15, 0.2) is 59.3 Å². The number of amides is 2. The fourth-order valence-corrected chi connectivity index (χ4v) is 2.47. The molecule has 0 aromatic heterocycles. The maximum absolute atomic E-state index is 12.5. The second kappa shape index (κ2) is 5.78. The third-order valence-corrected chi connectivity index (χ3v) is 3.83. The smallest absolute Gasteiger partial charge is 0.283 e. The predicted molar refractivity (Wildman–Crippen MR) is 88.3 cm³/mol. The molecule has 6 heteroatoms. The molecule has 1 heterocycles. The monoisotopic (exact) mass is 328 g/mol. The van der Waals surface area contributed by atoms with Crippen molar-refractivity contribution < 1.29 is 14.7 Å². The summed E-state index contributed by atoms with van der Waals surface area (Å²) in [7, 11) is 0. The molecule has 0 radical (unpaired) electrons. The quantitative estimate of drug-likeness (QED) is 0.671. The Kier molecular flexibility index (Phi) is 3.80. The number of carbonyl (C=O) groups excluding carboxylic acids is 2. The molecule has 23 heavy (non-hydrogen) atoms. The summed E-state index contributed by atoms with van der Waals surface area (Å²) in [5.41, 5.74) is 1.70. The van der Waals surface area contributed by atoms with E-state index in [0.717, 1.165) is 10.5 Å². The molecule has 0 aliphatic carbocycles. The second-order valence-electron chi connectivity index (χ2n) is 5.11. The largest absolute Gasteiger partial charge is 0.506 e. The first kappa shape index (κ1) is 15.1. The molecule has 1 aliphatic heterocycles. The summed E-state index contributed by atoms with van der Waals surface area (Å²) in [6, 6.07) is 13.4. The Morgan fingerprint density at radius 2 is 1.65 bits per heavy atom. The van der Waals surface area contributed by atoms with Crippen LogP contribution in [0, 0.1) is 6.92 Å². The Bertz CT molecular complexity index is 828. The number of hydrogen-bond acceptors (Lipinski definition) is 4. The van der Waals surface area contributed by atoms with Crippen LogP contribution in [0.1, 0.15) is 5.56 Å². The highest BCUT2D eigenvalue weighted by Gasteiger charge is 2.39. The van der Waals surface area contributed by atoms with Crippen molar-refractivity contribution >= 4 is 34.8 Å². The Balaban J connectivity index is 1.93. The van der Waals surface area contributed by atoms with Crippen molar-refractivity contribution in [3.63, 3.8) is 0 Å². The van der Waals surface area contributed by atoms with Crippen molar-refractivity contribution in [1.82, 2.24) is 0 Å². The number of nitrogens with zero attached hydrogens (tertiary/aromatic N) is 1. The normalized spacial score (nSPS) is 14.6. The van der Waals surface area contributed by atoms with Crippen LogP contribution in [-0.2, 0) is 9.59 Å². The van der Waals surface area contributed by atoms with Gasteiger partial charge < -0.3 is 10.4 Å². The number of imide groups is 1. The minimum Gasteiger partial charge on any atom is -0.506 e. The topological polar surface area (TPSA) is 69.6 Å². The number of carbonyl (C=O) groups is 2. The zero-order valence-corrected chi connectivity index (χ0v) is 13.0. The summed E-state index contributed by atoms with van der Waals surface area (Å²) in [4.78, 5) is 25.8. The van der Waals surface area contributed by atoms with E-state index in [0.29, 0.717) is 11.4 Å². The van der Waals surface area contributed by atoms with Gasteiger partial charge in [0, 0.05) is 0 Å². The number of halogens is 1. The molecule has 0 fully saturated rings.